The fourth-order valence-corrected chi connectivity index (χ4v) is 1.78. The highest BCUT2D eigenvalue weighted by atomic mass is 16.5. The number of hydrogen-bond donors (Lipinski definition) is 2. The van der Waals surface area contributed by atoms with Crippen LogP contribution < -0.4 is 10.6 Å². The van der Waals surface area contributed by atoms with E-state index >= 15 is 0 Å². The van der Waals surface area contributed by atoms with Gasteiger partial charge in [0.25, 0.3) is 5.91 Å². The van der Waals surface area contributed by atoms with Gasteiger partial charge in [0, 0.05) is 20.0 Å². The Balaban J connectivity index is 2.30. The molecule has 112 valence electrons. The van der Waals surface area contributed by atoms with Crippen LogP contribution in [0.2, 0.25) is 0 Å². The third-order valence-corrected chi connectivity index (χ3v) is 2.84. The normalized spacial score (nSPS) is 15.2. The number of urea groups is 1. The van der Waals surface area contributed by atoms with E-state index in [9.17, 15) is 19.2 Å². The molecule has 20 heavy (non-hydrogen) atoms. The lowest BCUT2D eigenvalue weighted by Gasteiger charge is -2.19. The molecule has 1 saturated heterocycles. The second kappa shape index (κ2) is 8.13. The minimum absolute atomic E-state index is 0.0748. The summed E-state index contributed by atoms with van der Waals surface area (Å²) in [6.45, 7) is -0.182. The van der Waals surface area contributed by atoms with Gasteiger partial charge in [0.15, 0.2) is 6.61 Å². The van der Waals surface area contributed by atoms with Crippen LogP contribution in [0.4, 0.5) is 4.79 Å². The Hall–Kier alpha value is -2.12. The highest BCUT2D eigenvalue weighted by Crippen LogP contribution is 2.10. The van der Waals surface area contributed by atoms with Gasteiger partial charge < -0.3 is 15.0 Å². The summed E-state index contributed by atoms with van der Waals surface area (Å²) < 4.78 is 4.72. The van der Waals surface area contributed by atoms with Gasteiger partial charge in [-0.2, -0.15) is 0 Å². The van der Waals surface area contributed by atoms with Gasteiger partial charge in [-0.15, -0.1) is 0 Å². The first-order valence-corrected chi connectivity index (χ1v) is 6.48. The van der Waals surface area contributed by atoms with Crippen LogP contribution in [0.25, 0.3) is 0 Å². The third-order valence-electron chi connectivity index (χ3n) is 2.84. The fraction of sp³-hybridized carbons (Fsp3) is 0.667. The summed E-state index contributed by atoms with van der Waals surface area (Å²) >= 11 is 0. The Kier molecular flexibility index (Phi) is 6.48. The number of nitrogens with zero attached hydrogens (tertiary/aromatic N) is 1. The first-order chi connectivity index (χ1) is 9.52. The van der Waals surface area contributed by atoms with Crippen LogP contribution in [0.5, 0.6) is 0 Å². The SMILES string of the molecule is CNC(=O)NC(=O)COC(=O)CN1CCCCCC1=O. The van der Waals surface area contributed by atoms with Crippen molar-refractivity contribution in [3.05, 3.63) is 0 Å². The van der Waals surface area contributed by atoms with E-state index in [0.717, 1.165) is 19.3 Å². The van der Waals surface area contributed by atoms with E-state index in [4.69, 9.17) is 4.74 Å². The molecule has 1 heterocycles. The topological polar surface area (TPSA) is 105 Å². The molecule has 1 aliphatic heterocycles. The number of likely N-dealkylation sites (tertiary alicyclic amines) is 1. The van der Waals surface area contributed by atoms with Crippen LogP contribution in [-0.2, 0) is 19.1 Å². The summed E-state index contributed by atoms with van der Waals surface area (Å²) in [5.41, 5.74) is 0. The second-order valence-corrected chi connectivity index (χ2v) is 4.41. The Morgan fingerprint density at radius 3 is 2.70 bits per heavy atom. The third kappa shape index (κ3) is 5.68. The minimum Gasteiger partial charge on any atom is -0.454 e. The molecule has 0 aromatic heterocycles. The maximum Gasteiger partial charge on any atom is 0.326 e. The Bertz CT molecular complexity index is 397. The Morgan fingerprint density at radius 2 is 2.00 bits per heavy atom. The molecule has 0 spiro atoms. The molecular formula is C12H19N3O5. The van der Waals surface area contributed by atoms with E-state index < -0.39 is 24.5 Å². The summed E-state index contributed by atoms with van der Waals surface area (Å²) in [4.78, 5) is 46.7. The molecule has 1 aliphatic rings. The van der Waals surface area contributed by atoms with Crippen molar-refractivity contribution in [3.8, 4) is 0 Å². The van der Waals surface area contributed by atoms with Crippen molar-refractivity contribution in [2.75, 3.05) is 26.7 Å². The summed E-state index contributed by atoms with van der Waals surface area (Å²) in [7, 11) is 1.36. The molecule has 0 atom stereocenters. The maximum atomic E-state index is 11.7. The number of ether oxygens (including phenoxy) is 1. The summed E-state index contributed by atoms with van der Waals surface area (Å²) in [5.74, 6) is -1.46. The average Bonchev–Trinajstić information content (AvgIpc) is 2.62. The predicted octanol–water partition coefficient (Wildman–Crippen LogP) is -0.612. The predicted molar refractivity (Wildman–Crippen MR) is 68.6 cm³/mol. The van der Waals surface area contributed by atoms with Crippen LogP contribution >= 0.6 is 0 Å². The molecule has 8 heteroatoms. The quantitative estimate of drug-likeness (QED) is 0.670. The maximum absolute atomic E-state index is 11.7. The van der Waals surface area contributed by atoms with Crippen molar-refractivity contribution in [3.63, 3.8) is 0 Å². The lowest BCUT2D eigenvalue weighted by molar-refractivity contribution is -0.152. The molecule has 4 amide bonds. The first-order valence-electron chi connectivity index (χ1n) is 6.48. The zero-order chi connectivity index (χ0) is 15.0. The zero-order valence-electron chi connectivity index (χ0n) is 11.4. The molecule has 0 aromatic rings. The molecule has 0 unspecified atom stereocenters. The molecule has 0 saturated carbocycles. The number of hydrogen-bond acceptors (Lipinski definition) is 5. The molecule has 0 aliphatic carbocycles. The molecule has 0 bridgehead atoms. The van der Waals surface area contributed by atoms with E-state index in [0.29, 0.717) is 13.0 Å². The highest BCUT2D eigenvalue weighted by molar-refractivity contribution is 5.95. The van der Waals surface area contributed by atoms with Crippen LogP contribution in [0.3, 0.4) is 0 Å². The van der Waals surface area contributed by atoms with Gasteiger partial charge in [-0.1, -0.05) is 6.42 Å². The van der Waals surface area contributed by atoms with Crippen LogP contribution in [0.1, 0.15) is 25.7 Å². The number of nitrogens with one attached hydrogen (secondary N) is 2. The molecule has 1 fully saturated rings. The summed E-state index contributed by atoms with van der Waals surface area (Å²) in [6.07, 6.45) is 3.09. The second-order valence-electron chi connectivity index (χ2n) is 4.41. The summed E-state index contributed by atoms with van der Waals surface area (Å²) in [6, 6.07) is -0.672. The Morgan fingerprint density at radius 1 is 1.25 bits per heavy atom. The summed E-state index contributed by atoms with van der Waals surface area (Å²) in [5, 5.41) is 4.16. The lowest BCUT2D eigenvalue weighted by Crippen LogP contribution is -2.41. The van der Waals surface area contributed by atoms with E-state index in [1.807, 2.05) is 5.32 Å². The smallest absolute Gasteiger partial charge is 0.326 e. The van der Waals surface area contributed by atoms with Gasteiger partial charge in [-0.3, -0.25) is 19.7 Å². The largest absolute Gasteiger partial charge is 0.454 e. The van der Waals surface area contributed by atoms with Gasteiger partial charge in [0.2, 0.25) is 5.91 Å². The first kappa shape index (κ1) is 15.9. The lowest BCUT2D eigenvalue weighted by atomic mass is 10.2. The van der Waals surface area contributed by atoms with Crippen molar-refractivity contribution in [2.45, 2.75) is 25.7 Å². The number of carbonyl (C=O) groups is 4. The van der Waals surface area contributed by atoms with Crippen molar-refractivity contribution >= 4 is 23.8 Å². The van der Waals surface area contributed by atoms with E-state index in [1.165, 1.54) is 11.9 Å². The van der Waals surface area contributed by atoms with Crippen LogP contribution in [0, 0.1) is 0 Å². The zero-order valence-corrected chi connectivity index (χ0v) is 11.4. The van der Waals surface area contributed by atoms with Crippen molar-refractivity contribution in [1.29, 1.82) is 0 Å². The minimum atomic E-state index is -0.722. The van der Waals surface area contributed by atoms with Gasteiger partial charge in [0.05, 0.1) is 0 Å². The number of carbonyl (C=O) groups excluding carboxylic acids is 4. The van der Waals surface area contributed by atoms with E-state index in [2.05, 4.69) is 5.32 Å². The van der Waals surface area contributed by atoms with Crippen molar-refractivity contribution in [2.24, 2.45) is 0 Å². The highest BCUT2D eigenvalue weighted by Gasteiger charge is 2.20. The fourth-order valence-electron chi connectivity index (χ4n) is 1.78. The number of amides is 4. The van der Waals surface area contributed by atoms with Crippen molar-refractivity contribution in [1.82, 2.24) is 15.5 Å². The number of esters is 1. The molecule has 0 aromatic carbocycles. The molecular weight excluding hydrogens is 266 g/mol. The van der Waals surface area contributed by atoms with Gasteiger partial charge in [-0.25, -0.2) is 4.79 Å². The van der Waals surface area contributed by atoms with Crippen LogP contribution in [0.15, 0.2) is 0 Å². The number of rotatable bonds is 4. The van der Waals surface area contributed by atoms with E-state index in [1.54, 1.807) is 0 Å². The Labute approximate surface area is 116 Å². The number of imide groups is 1. The molecule has 0 radical (unpaired) electrons. The monoisotopic (exact) mass is 285 g/mol. The molecule has 2 N–H and O–H groups in total. The molecule has 8 nitrogen and oxygen atoms in total. The van der Waals surface area contributed by atoms with Gasteiger partial charge >= 0.3 is 12.0 Å². The van der Waals surface area contributed by atoms with Crippen molar-refractivity contribution < 1.29 is 23.9 Å². The molecule has 1 rings (SSSR count). The standard InChI is InChI=1S/C12H19N3O5/c1-13-12(19)14-9(16)8-20-11(18)7-15-6-4-2-3-5-10(15)17/h2-8H2,1H3,(H2,13,14,16,19). The van der Waals surface area contributed by atoms with E-state index in [-0.39, 0.29) is 12.5 Å². The van der Waals surface area contributed by atoms with Gasteiger partial charge in [0.1, 0.15) is 6.54 Å². The average molecular weight is 285 g/mol. The van der Waals surface area contributed by atoms with Gasteiger partial charge in [-0.05, 0) is 12.8 Å². The van der Waals surface area contributed by atoms with Crippen LogP contribution in [-0.4, -0.2) is 55.5 Å².